The maximum Gasteiger partial charge on any atom is 0.234 e. The van der Waals surface area contributed by atoms with Crippen molar-refractivity contribution in [3.8, 4) is 5.75 Å². The van der Waals surface area contributed by atoms with E-state index in [1.165, 1.54) is 11.8 Å². The van der Waals surface area contributed by atoms with E-state index >= 15 is 0 Å². The third-order valence-electron chi connectivity index (χ3n) is 4.82. The number of anilines is 1. The first kappa shape index (κ1) is 26.6. The largest absolute Gasteiger partial charge is 0.497 e. The van der Waals surface area contributed by atoms with Gasteiger partial charge in [-0.3, -0.25) is 9.59 Å². The number of halogens is 2. The number of allylic oxidation sites excluding steroid dienone is 1. The molecule has 3 rings (SSSR count). The highest BCUT2D eigenvalue weighted by molar-refractivity contribution is 7.99. The second kappa shape index (κ2) is 12.6. The lowest BCUT2D eigenvalue weighted by Crippen LogP contribution is -2.30. The number of benzene rings is 2. The Morgan fingerprint density at radius 2 is 1.83 bits per heavy atom. The average Bonchev–Trinajstić information content (AvgIpc) is 3.20. The second-order valence-corrected chi connectivity index (χ2v) is 9.36. The summed E-state index contributed by atoms with van der Waals surface area (Å²) in [6.07, 6.45) is 1.93. The molecule has 3 aromatic rings. The number of methoxy groups -OCH3 is 1. The molecule has 0 spiro atoms. The maximum atomic E-state index is 12.6. The quantitative estimate of drug-likeness (QED) is 0.268. The van der Waals surface area contributed by atoms with Gasteiger partial charge in [0.25, 0.3) is 0 Å². The molecule has 1 heterocycles. The van der Waals surface area contributed by atoms with E-state index in [0.717, 1.165) is 11.3 Å². The molecule has 0 aliphatic rings. The summed E-state index contributed by atoms with van der Waals surface area (Å²) >= 11 is 13.2. The van der Waals surface area contributed by atoms with Crippen molar-refractivity contribution in [3.63, 3.8) is 0 Å². The Labute approximate surface area is 218 Å². The number of rotatable bonds is 11. The Bertz CT molecular complexity index is 1180. The summed E-state index contributed by atoms with van der Waals surface area (Å²) < 4.78 is 6.96. The second-order valence-electron chi connectivity index (χ2n) is 7.55. The lowest BCUT2D eigenvalue weighted by Gasteiger charge is -2.15. The Balaban J connectivity index is 1.61. The van der Waals surface area contributed by atoms with Gasteiger partial charge in [-0.15, -0.1) is 16.8 Å². The molecule has 2 amide bonds. The standard InChI is InChI=1S/C24H25Cl2N5O3S/c1-4-9-31-23(15(2)27-21(32)10-16-5-7-20(34-3)8-6-16)29-30-24(31)35-14-22(33)28-19-12-17(25)11-18(26)13-19/h4-8,11-13,15H,1,9-10,14H2,2-3H3,(H,27,32)(H,28,33)/t15-/m1/s1. The van der Waals surface area contributed by atoms with E-state index in [1.54, 1.807) is 31.4 Å². The summed E-state index contributed by atoms with van der Waals surface area (Å²) in [5.74, 6) is 0.999. The van der Waals surface area contributed by atoms with Crippen molar-refractivity contribution in [2.75, 3.05) is 18.2 Å². The molecule has 2 N–H and O–H groups in total. The minimum atomic E-state index is -0.398. The van der Waals surface area contributed by atoms with Crippen LogP contribution in [0.1, 0.15) is 24.4 Å². The number of amides is 2. The highest BCUT2D eigenvalue weighted by atomic mass is 35.5. The number of carbonyl (C=O) groups is 2. The summed E-state index contributed by atoms with van der Waals surface area (Å²) in [7, 11) is 1.59. The number of carbonyl (C=O) groups excluding carboxylic acids is 2. The number of hydrogen-bond donors (Lipinski definition) is 2. The van der Waals surface area contributed by atoms with Gasteiger partial charge in [-0.25, -0.2) is 0 Å². The first-order valence-electron chi connectivity index (χ1n) is 10.6. The van der Waals surface area contributed by atoms with Crippen molar-refractivity contribution >= 4 is 52.5 Å². The molecular weight excluding hydrogens is 509 g/mol. The Kier molecular flexibility index (Phi) is 9.59. The van der Waals surface area contributed by atoms with Crippen molar-refractivity contribution in [3.05, 3.63) is 76.6 Å². The molecule has 0 saturated heterocycles. The zero-order chi connectivity index (χ0) is 25.4. The van der Waals surface area contributed by atoms with Crippen molar-refractivity contribution in [1.29, 1.82) is 0 Å². The molecule has 0 aliphatic heterocycles. The van der Waals surface area contributed by atoms with E-state index in [0.29, 0.717) is 33.3 Å². The van der Waals surface area contributed by atoms with Crippen LogP contribution in [-0.2, 0) is 22.6 Å². The van der Waals surface area contributed by atoms with Gasteiger partial charge in [-0.05, 0) is 42.8 Å². The minimum Gasteiger partial charge on any atom is -0.497 e. The first-order chi connectivity index (χ1) is 16.8. The fourth-order valence-corrected chi connectivity index (χ4v) is 4.55. The summed E-state index contributed by atoms with van der Waals surface area (Å²) in [5.41, 5.74) is 1.38. The SMILES string of the molecule is C=CCn1c(SCC(=O)Nc2cc(Cl)cc(Cl)c2)nnc1[C@@H](C)NC(=O)Cc1ccc(OC)cc1. The third kappa shape index (κ3) is 7.74. The number of thioether (sulfide) groups is 1. The molecule has 0 fully saturated rings. The van der Waals surface area contributed by atoms with Gasteiger partial charge in [0, 0.05) is 22.3 Å². The molecule has 0 unspecified atom stereocenters. The lowest BCUT2D eigenvalue weighted by atomic mass is 10.1. The van der Waals surface area contributed by atoms with E-state index in [1.807, 2.05) is 35.8 Å². The van der Waals surface area contributed by atoms with Gasteiger partial charge in [0.05, 0.1) is 25.3 Å². The number of ether oxygens (including phenoxy) is 1. The molecule has 2 aromatic carbocycles. The lowest BCUT2D eigenvalue weighted by molar-refractivity contribution is -0.121. The van der Waals surface area contributed by atoms with Crippen LogP contribution in [0.25, 0.3) is 0 Å². The normalized spacial score (nSPS) is 11.5. The van der Waals surface area contributed by atoms with E-state index in [-0.39, 0.29) is 24.0 Å². The molecule has 0 radical (unpaired) electrons. The molecule has 11 heteroatoms. The van der Waals surface area contributed by atoms with Crippen molar-refractivity contribution < 1.29 is 14.3 Å². The zero-order valence-electron chi connectivity index (χ0n) is 19.3. The molecule has 0 saturated carbocycles. The van der Waals surface area contributed by atoms with Crippen LogP contribution >= 0.6 is 35.0 Å². The van der Waals surface area contributed by atoms with Gasteiger partial charge in [-0.1, -0.05) is 53.2 Å². The molecule has 0 bridgehead atoms. The Morgan fingerprint density at radius 3 is 2.46 bits per heavy atom. The molecule has 1 aromatic heterocycles. The van der Waals surface area contributed by atoms with E-state index < -0.39 is 6.04 Å². The van der Waals surface area contributed by atoms with Crippen molar-refractivity contribution in [2.45, 2.75) is 31.1 Å². The number of nitrogens with zero attached hydrogens (tertiary/aromatic N) is 3. The molecule has 35 heavy (non-hydrogen) atoms. The van der Waals surface area contributed by atoms with E-state index in [9.17, 15) is 9.59 Å². The highest BCUT2D eigenvalue weighted by Crippen LogP contribution is 2.24. The highest BCUT2D eigenvalue weighted by Gasteiger charge is 2.20. The number of nitrogens with one attached hydrogen (secondary N) is 2. The maximum absolute atomic E-state index is 12.6. The predicted molar refractivity (Wildman–Crippen MR) is 139 cm³/mol. The van der Waals surface area contributed by atoms with Crippen LogP contribution in [0.2, 0.25) is 10.0 Å². The molecule has 184 valence electrons. The average molecular weight is 534 g/mol. The van der Waals surface area contributed by atoms with Crippen LogP contribution < -0.4 is 15.4 Å². The van der Waals surface area contributed by atoms with Crippen molar-refractivity contribution in [1.82, 2.24) is 20.1 Å². The molecular formula is C24H25Cl2N5O3S. The van der Waals surface area contributed by atoms with Gasteiger partial charge in [-0.2, -0.15) is 0 Å². The monoisotopic (exact) mass is 533 g/mol. The van der Waals surface area contributed by atoms with Gasteiger partial charge >= 0.3 is 0 Å². The molecule has 1 atom stereocenters. The topological polar surface area (TPSA) is 98.1 Å². The van der Waals surface area contributed by atoms with Crippen molar-refractivity contribution in [2.24, 2.45) is 0 Å². The van der Waals surface area contributed by atoms with Crippen LogP contribution in [-0.4, -0.2) is 39.4 Å². The third-order valence-corrected chi connectivity index (χ3v) is 6.23. The van der Waals surface area contributed by atoms with E-state index in [4.69, 9.17) is 27.9 Å². The van der Waals surface area contributed by atoms with Crippen LogP contribution in [0.4, 0.5) is 5.69 Å². The number of hydrogen-bond acceptors (Lipinski definition) is 6. The van der Waals surface area contributed by atoms with Crippen LogP contribution in [0.5, 0.6) is 5.75 Å². The van der Waals surface area contributed by atoms with E-state index in [2.05, 4.69) is 27.4 Å². The van der Waals surface area contributed by atoms with Gasteiger partial charge in [0.2, 0.25) is 11.8 Å². The smallest absolute Gasteiger partial charge is 0.234 e. The Morgan fingerprint density at radius 1 is 1.14 bits per heavy atom. The fraction of sp³-hybridized carbons (Fsp3) is 0.250. The predicted octanol–water partition coefficient (Wildman–Crippen LogP) is 4.93. The summed E-state index contributed by atoms with van der Waals surface area (Å²) in [6.45, 7) is 6.05. The Hall–Kier alpha value is -3.01. The number of aromatic nitrogens is 3. The van der Waals surface area contributed by atoms with Crippen LogP contribution in [0.15, 0.2) is 60.3 Å². The first-order valence-corrected chi connectivity index (χ1v) is 12.4. The molecule has 8 nitrogen and oxygen atoms in total. The zero-order valence-corrected chi connectivity index (χ0v) is 21.6. The van der Waals surface area contributed by atoms with Gasteiger partial charge in [0.15, 0.2) is 11.0 Å². The van der Waals surface area contributed by atoms with Gasteiger partial charge in [0.1, 0.15) is 5.75 Å². The fourth-order valence-electron chi connectivity index (χ4n) is 3.27. The van der Waals surface area contributed by atoms with Crippen LogP contribution in [0.3, 0.4) is 0 Å². The molecule has 0 aliphatic carbocycles. The summed E-state index contributed by atoms with van der Waals surface area (Å²) in [5, 5.41) is 15.6. The van der Waals surface area contributed by atoms with Gasteiger partial charge < -0.3 is 19.9 Å². The van der Waals surface area contributed by atoms with Crippen LogP contribution in [0, 0.1) is 0 Å². The summed E-state index contributed by atoms with van der Waals surface area (Å²) in [6, 6.07) is 11.7. The minimum absolute atomic E-state index is 0.0949. The summed E-state index contributed by atoms with van der Waals surface area (Å²) in [4.78, 5) is 25.0.